The Morgan fingerprint density at radius 3 is 2.62 bits per heavy atom. The minimum Gasteiger partial charge on any atom is -0.398 e. The van der Waals surface area contributed by atoms with Gasteiger partial charge in [-0.3, -0.25) is 4.79 Å². The van der Waals surface area contributed by atoms with Crippen molar-refractivity contribution in [2.75, 3.05) is 37.9 Å². The van der Waals surface area contributed by atoms with Crippen LogP contribution in [0, 0.1) is 0 Å². The van der Waals surface area contributed by atoms with Crippen molar-refractivity contribution in [3.05, 3.63) is 24.3 Å². The zero-order chi connectivity index (χ0) is 15.9. The molecule has 6 nitrogen and oxygen atoms in total. The third-order valence-corrected chi connectivity index (χ3v) is 5.42. The van der Waals surface area contributed by atoms with Crippen LogP contribution in [-0.4, -0.2) is 51.4 Å². The average molecular weight is 331 g/mol. The predicted molar refractivity (Wildman–Crippen MR) is 86.7 cm³/mol. The van der Waals surface area contributed by atoms with Crippen LogP contribution in [0.2, 0.25) is 0 Å². The molecule has 0 aliphatic heterocycles. The first-order chi connectivity index (χ1) is 9.82. The monoisotopic (exact) mass is 331 g/mol. The molecule has 8 heteroatoms. The van der Waals surface area contributed by atoms with Gasteiger partial charge in [0.05, 0.1) is 5.75 Å². The second-order valence-electron chi connectivity index (χ2n) is 4.64. The molecule has 1 amide bonds. The fraction of sp³-hybridized carbons (Fsp3) is 0.462. The van der Waals surface area contributed by atoms with Gasteiger partial charge in [-0.15, -0.1) is 11.8 Å². The van der Waals surface area contributed by atoms with Crippen LogP contribution in [-0.2, 0) is 14.8 Å². The number of para-hydroxylation sites is 1. The first-order valence-electron chi connectivity index (χ1n) is 6.46. The highest BCUT2D eigenvalue weighted by atomic mass is 32.2. The third kappa shape index (κ3) is 6.83. The minimum absolute atomic E-state index is 0.0118. The molecule has 0 saturated heterocycles. The van der Waals surface area contributed by atoms with Crippen molar-refractivity contribution < 1.29 is 13.2 Å². The van der Waals surface area contributed by atoms with Crippen molar-refractivity contribution in [1.82, 2.24) is 9.62 Å². The lowest BCUT2D eigenvalue weighted by molar-refractivity contribution is -0.128. The molecule has 0 fully saturated rings. The maximum absolute atomic E-state index is 11.8. The molecule has 21 heavy (non-hydrogen) atoms. The van der Waals surface area contributed by atoms with Gasteiger partial charge in [0.25, 0.3) is 0 Å². The van der Waals surface area contributed by atoms with E-state index in [0.717, 1.165) is 4.90 Å². The van der Waals surface area contributed by atoms with Gasteiger partial charge in [-0.2, -0.15) is 0 Å². The van der Waals surface area contributed by atoms with E-state index in [2.05, 4.69) is 4.72 Å². The smallest absolute Gasteiger partial charge is 0.223 e. The number of benzene rings is 1. The number of hydrogen-bond acceptors (Lipinski definition) is 5. The molecule has 1 rings (SSSR count). The topological polar surface area (TPSA) is 92.5 Å². The Hall–Kier alpha value is -1.25. The molecular weight excluding hydrogens is 310 g/mol. The van der Waals surface area contributed by atoms with Crippen LogP contribution >= 0.6 is 11.8 Å². The molecule has 118 valence electrons. The summed E-state index contributed by atoms with van der Waals surface area (Å²) < 4.78 is 26.0. The first kappa shape index (κ1) is 17.8. The second-order valence-corrected chi connectivity index (χ2v) is 7.70. The summed E-state index contributed by atoms with van der Waals surface area (Å²) >= 11 is 1.40. The molecule has 1 aromatic carbocycles. The molecule has 0 aliphatic carbocycles. The number of rotatable bonds is 8. The Bertz CT molecular complexity index is 574. The maximum atomic E-state index is 11.8. The molecular formula is C13H21N3O3S2. The minimum atomic E-state index is -3.37. The Kier molecular flexibility index (Phi) is 7.00. The Labute approximate surface area is 130 Å². The fourth-order valence-corrected chi connectivity index (χ4v) is 3.88. The number of anilines is 1. The van der Waals surface area contributed by atoms with E-state index in [9.17, 15) is 13.2 Å². The molecule has 0 aliphatic rings. The summed E-state index contributed by atoms with van der Waals surface area (Å²) in [4.78, 5) is 13.6. The summed E-state index contributed by atoms with van der Waals surface area (Å²) in [5.41, 5.74) is 6.43. The highest BCUT2D eigenvalue weighted by molar-refractivity contribution is 8.00. The van der Waals surface area contributed by atoms with Gasteiger partial charge >= 0.3 is 0 Å². The summed E-state index contributed by atoms with van der Waals surface area (Å²) in [5.74, 6) is 0.289. The highest BCUT2D eigenvalue weighted by Crippen LogP contribution is 2.24. The van der Waals surface area contributed by atoms with Gasteiger partial charge in [-0.1, -0.05) is 12.1 Å². The number of hydrogen-bond donors (Lipinski definition) is 2. The molecule has 0 heterocycles. The number of carbonyl (C=O) groups excluding carboxylic acids is 1. The van der Waals surface area contributed by atoms with E-state index in [0.29, 0.717) is 11.4 Å². The van der Waals surface area contributed by atoms with Crippen molar-refractivity contribution in [2.24, 2.45) is 0 Å². The van der Waals surface area contributed by atoms with Gasteiger partial charge in [-0.05, 0) is 12.1 Å². The Balaban J connectivity index is 2.33. The SMILES string of the molecule is CN(C)C(=O)CCNS(=O)(=O)CCSc1ccccc1N. The number of nitrogens with one attached hydrogen (secondary N) is 1. The zero-order valence-electron chi connectivity index (χ0n) is 12.2. The lowest BCUT2D eigenvalue weighted by Crippen LogP contribution is -2.32. The summed E-state index contributed by atoms with van der Waals surface area (Å²) in [6.45, 7) is 0.123. The molecule has 1 aromatic rings. The molecule has 0 spiro atoms. The molecule has 0 unspecified atom stereocenters. The van der Waals surface area contributed by atoms with Crippen LogP contribution in [0.25, 0.3) is 0 Å². The van der Waals surface area contributed by atoms with Gasteiger partial charge in [0.15, 0.2) is 0 Å². The van der Waals surface area contributed by atoms with Crippen LogP contribution in [0.5, 0.6) is 0 Å². The molecule has 0 saturated carbocycles. The Morgan fingerprint density at radius 1 is 1.33 bits per heavy atom. The number of thioether (sulfide) groups is 1. The maximum Gasteiger partial charge on any atom is 0.223 e. The summed E-state index contributed by atoms with van der Waals surface area (Å²) in [6, 6.07) is 7.33. The number of carbonyl (C=O) groups is 1. The third-order valence-electron chi connectivity index (χ3n) is 2.69. The van der Waals surface area contributed by atoms with Gasteiger partial charge in [-0.25, -0.2) is 13.1 Å². The van der Waals surface area contributed by atoms with Crippen LogP contribution < -0.4 is 10.5 Å². The van der Waals surface area contributed by atoms with Crippen molar-refractivity contribution in [1.29, 1.82) is 0 Å². The largest absolute Gasteiger partial charge is 0.398 e. The molecule has 0 radical (unpaired) electrons. The van der Waals surface area contributed by atoms with Crippen LogP contribution in [0.15, 0.2) is 29.2 Å². The molecule has 3 N–H and O–H groups in total. The van der Waals surface area contributed by atoms with Crippen LogP contribution in [0.3, 0.4) is 0 Å². The number of sulfonamides is 1. The summed E-state index contributed by atoms with van der Waals surface area (Å²) in [5, 5.41) is 0. The summed E-state index contributed by atoms with van der Waals surface area (Å²) in [6.07, 6.45) is 0.158. The lowest BCUT2D eigenvalue weighted by atomic mass is 10.3. The number of nitrogens with zero attached hydrogens (tertiary/aromatic N) is 1. The fourth-order valence-electron chi connectivity index (χ4n) is 1.48. The van der Waals surface area contributed by atoms with Crippen molar-refractivity contribution in [3.63, 3.8) is 0 Å². The van der Waals surface area contributed by atoms with Gasteiger partial charge in [0.2, 0.25) is 15.9 Å². The van der Waals surface area contributed by atoms with E-state index in [1.165, 1.54) is 16.7 Å². The van der Waals surface area contributed by atoms with E-state index >= 15 is 0 Å². The van der Waals surface area contributed by atoms with E-state index < -0.39 is 10.0 Å². The van der Waals surface area contributed by atoms with Crippen molar-refractivity contribution in [3.8, 4) is 0 Å². The van der Waals surface area contributed by atoms with Gasteiger partial charge < -0.3 is 10.6 Å². The Morgan fingerprint density at radius 2 is 2.00 bits per heavy atom. The normalized spacial score (nSPS) is 11.3. The molecule has 0 atom stereocenters. The van der Waals surface area contributed by atoms with Gasteiger partial charge in [0, 0.05) is 43.4 Å². The van der Waals surface area contributed by atoms with Crippen molar-refractivity contribution in [2.45, 2.75) is 11.3 Å². The van der Waals surface area contributed by atoms with E-state index in [1.54, 1.807) is 20.2 Å². The van der Waals surface area contributed by atoms with E-state index in [4.69, 9.17) is 5.73 Å². The lowest BCUT2D eigenvalue weighted by Gasteiger charge is -2.11. The highest BCUT2D eigenvalue weighted by Gasteiger charge is 2.12. The molecule has 0 bridgehead atoms. The number of nitrogen functional groups attached to an aromatic ring is 1. The van der Waals surface area contributed by atoms with Gasteiger partial charge in [0.1, 0.15) is 0 Å². The average Bonchev–Trinajstić information content (AvgIpc) is 2.40. The second kappa shape index (κ2) is 8.26. The predicted octanol–water partition coefficient (Wildman–Crippen LogP) is 0.759. The first-order valence-corrected chi connectivity index (χ1v) is 9.10. The summed E-state index contributed by atoms with van der Waals surface area (Å²) in [7, 11) is -0.0950. The van der Waals surface area contributed by atoms with Crippen LogP contribution in [0.1, 0.15) is 6.42 Å². The van der Waals surface area contributed by atoms with E-state index in [1.807, 2.05) is 18.2 Å². The quantitative estimate of drug-likeness (QED) is 0.542. The van der Waals surface area contributed by atoms with E-state index in [-0.39, 0.29) is 24.6 Å². The number of nitrogens with two attached hydrogens (primary N) is 1. The van der Waals surface area contributed by atoms with Crippen molar-refractivity contribution >= 4 is 33.4 Å². The number of amides is 1. The standard InChI is InChI=1S/C13H21N3O3S2/c1-16(2)13(17)7-8-15-21(18,19)10-9-20-12-6-4-3-5-11(12)14/h3-6,15H,7-10,14H2,1-2H3. The van der Waals surface area contributed by atoms with Crippen LogP contribution in [0.4, 0.5) is 5.69 Å². The molecule has 0 aromatic heterocycles. The zero-order valence-corrected chi connectivity index (χ0v) is 13.8.